The van der Waals surface area contributed by atoms with Crippen molar-refractivity contribution >= 4 is 23.0 Å². The average molecular weight is 344 g/mol. The molecular weight excluding hydrogens is 320 g/mol. The number of nitrogens with zero attached hydrogens (tertiary/aromatic N) is 3. The van der Waals surface area contributed by atoms with E-state index in [2.05, 4.69) is 60.2 Å². The number of hydrogen-bond donors (Lipinski definition) is 1. The van der Waals surface area contributed by atoms with Crippen LogP contribution < -0.4 is 5.73 Å². The number of hydrogen-bond acceptors (Lipinski definition) is 3. The molecule has 2 aromatic carbocycles. The Morgan fingerprint density at radius 2 is 1.77 bits per heavy atom. The van der Waals surface area contributed by atoms with E-state index < -0.39 is 0 Å². The number of aromatic nitrogens is 1. The van der Waals surface area contributed by atoms with E-state index in [1.165, 1.54) is 5.56 Å². The molecule has 0 amide bonds. The van der Waals surface area contributed by atoms with Crippen LogP contribution in [0, 0.1) is 0 Å². The molecule has 0 saturated heterocycles. The molecule has 0 spiro atoms. The predicted molar refractivity (Wildman–Crippen MR) is 110 cm³/mol. The van der Waals surface area contributed by atoms with Crippen LogP contribution >= 0.6 is 0 Å². The second-order valence-electron chi connectivity index (χ2n) is 6.98. The zero-order valence-corrected chi connectivity index (χ0v) is 15.5. The van der Waals surface area contributed by atoms with Crippen LogP contribution in [0.1, 0.15) is 44.0 Å². The predicted octanol–water partition coefficient (Wildman–Crippen LogP) is 4.66. The van der Waals surface area contributed by atoms with E-state index in [-0.39, 0.29) is 5.41 Å². The van der Waals surface area contributed by atoms with Crippen molar-refractivity contribution in [1.82, 2.24) is 4.98 Å². The lowest BCUT2D eigenvalue weighted by molar-refractivity contribution is 0.506. The molecule has 0 saturated carbocycles. The summed E-state index contributed by atoms with van der Waals surface area (Å²) in [5.41, 5.74) is 10.0. The zero-order chi connectivity index (χ0) is 18.6. The second-order valence-corrected chi connectivity index (χ2v) is 6.98. The molecule has 1 heterocycles. The fourth-order valence-corrected chi connectivity index (χ4v) is 2.64. The molecule has 0 bridgehead atoms. The Balaban J connectivity index is 1.75. The van der Waals surface area contributed by atoms with Gasteiger partial charge in [0, 0.05) is 5.39 Å². The topological polar surface area (TPSA) is 63.6 Å². The van der Waals surface area contributed by atoms with E-state index in [1.54, 1.807) is 6.21 Å². The van der Waals surface area contributed by atoms with Crippen LogP contribution in [0.15, 0.2) is 70.9 Å². The van der Waals surface area contributed by atoms with Gasteiger partial charge < -0.3 is 5.73 Å². The molecule has 1 aromatic heterocycles. The number of fused-ring (bicyclic) bond motifs is 1. The van der Waals surface area contributed by atoms with Crippen LogP contribution in [-0.2, 0) is 5.41 Å². The van der Waals surface area contributed by atoms with Crippen LogP contribution in [-0.4, -0.2) is 17.0 Å². The quantitative estimate of drug-likeness (QED) is 0.415. The molecule has 0 aliphatic carbocycles. The monoisotopic (exact) mass is 344 g/mol. The summed E-state index contributed by atoms with van der Waals surface area (Å²) in [5, 5.41) is 9.27. The highest BCUT2D eigenvalue weighted by Crippen LogP contribution is 2.26. The largest absolute Gasteiger partial charge is 0.380 e. The van der Waals surface area contributed by atoms with Crippen LogP contribution in [0.2, 0.25) is 0 Å². The molecule has 2 N–H and O–H groups in total. The van der Waals surface area contributed by atoms with Gasteiger partial charge >= 0.3 is 0 Å². The fourth-order valence-electron chi connectivity index (χ4n) is 2.64. The van der Waals surface area contributed by atoms with Gasteiger partial charge in [0.15, 0.2) is 5.84 Å². The summed E-state index contributed by atoms with van der Waals surface area (Å²) >= 11 is 0. The highest BCUT2D eigenvalue weighted by atomic mass is 15.2. The minimum Gasteiger partial charge on any atom is -0.380 e. The number of rotatable bonds is 5. The maximum Gasteiger partial charge on any atom is 0.172 e. The van der Waals surface area contributed by atoms with Gasteiger partial charge in [0.2, 0.25) is 0 Å². The van der Waals surface area contributed by atoms with Gasteiger partial charge in [-0.25, -0.2) is 4.98 Å². The van der Waals surface area contributed by atoms with Gasteiger partial charge in [-0.2, -0.15) is 5.10 Å². The van der Waals surface area contributed by atoms with Crippen molar-refractivity contribution < 1.29 is 0 Å². The normalized spacial score (nSPS) is 12.8. The number of benzene rings is 2. The highest BCUT2D eigenvalue weighted by molar-refractivity contribution is 5.98. The molecule has 3 aromatic rings. The first kappa shape index (κ1) is 17.8. The van der Waals surface area contributed by atoms with Crippen molar-refractivity contribution in [3.63, 3.8) is 0 Å². The number of nitrogens with two attached hydrogens (primary N) is 1. The maximum atomic E-state index is 6.02. The van der Waals surface area contributed by atoms with Gasteiger partial charge in [0.25, 0.3) is 0 Å². The summed E-state index contributed by atoms with van der Waals surface area (Å²) in [5.74, 6) is 0.302. The molecular formula is C22H24N4. The molecule has 4 nitrogen and oxygen atoms in total. The van der Waals surface area contributed by atoms with Gasteiger partial charge in [0.05, 0.1) is 11.7 Å². The lowest BCUT2D eigenvalue weighted by Crippen LogP contribution is -2.15. The standard InChI is InChI=1S/C22H24N4/c1-4-22(2,3)18-12-9-16(10-13-18)15-24-26-21(23)20-14-11-17-7-5-6-8-19(17)25-20/h5-15H,4H2,1-3H3,(H2,23,26)/b24-15+. The molecule has 4 heteroatoms. The van der Waals surface area contributed by atoms with Crippen molar-refractivity contribution in [3.8, 4) is 0 Å². The van der Waals surface area contributed by atoms with E-state index in [4.69, 9.17) is 5.73 Å². The number of amidine groups is 1. The Bertz CT molecular complexity index is 953. The van der Waals surface area contributed by atoms with Crippen molar-refractivity contribution in [1.29, 1.82) is 0 Å². The Labute approximate surface area is 154 Å². The van der Waals surface area contributed by atoms with Gasteiger partial charge in [0.1, 0.15) is 5.69 Å². The van der Waals surface area contributed by atoms with Gasteiger partial charge in [-0.15, -0.1) is 5.10 Å². The van der Waals surface area contributed by atoms with Gasteiger partial charge in [-0.05, 0) is 35.1 Å². The first-order valence-corrected chi connectivity index (χ1v) is 8.83. The van der Waals surface area contributed by atoms with Crippen molar-refractivity contribution in [2.24, 2.45) is 15.9 Å². The molecule has 3 rings (SSSR count). The fraction of sp³-hybridized carbons (Fsp3) is 0.227. The molecule has 0 unspecified atom stereocenters. The minimum atomic E-state index is 0.181. The van der Waals surface area contributed by atoms with Crippen LogP contribution in [0.5, 0.6) is 0 Å². The molecule has 0 atom stereocenters. The number of para-hydroxylation sites is 1. The van der Waals surface area contributed by atoms with Crippen LogP contribution in [0.25, 0.3) is 10.9 Å². The summed E-state index contributed by atoms with van der Waals surface area (Å²) in [6, 6.07) is 20.1. The first-order valence-electron chi connectivity index (χ1n) is 8.83. The first-order chi connectivity index (χ1) is 12.5. The Kier molecular flexibility index (Phi) is 5.12. The van der Waals surface area contributed by atoms with Crippen LogP contribution in [0.3, 0.4) is 0 Å². The molecule has 0 radical (unpaired) electrons. The summed E-state index contributed by atoms with van der Waals surface area (Å²) < 4.78 is 0. The van der Waals surface area contributed by atoms with Gasteiger partial charge in [-0.1, -0.05) is 69.3 Å². The summed E-state index contributed by atoms with van der Waals surface area (Å²) in [6.07, 6.45) is 2.80. The second kappa shape index (κ2) is 7.48. The Morgan fingerprint density at radius 3 is 2.50 bits per heavy atom. The SMILES string of the molecule is CCC(C)(C)c1ccc(/C=N/N=C(\N)c2ccc3ccccc3n2)cc1. The van der Waals surface area contributed by atoms with Crippen molar-refractivity contribution in [2.75, 3.05) is 0 Å². The summed E-state index contributed by atoms with van der Waals surface area (Å²) in [7, 11) is 0. The average Bonchev–Trinajstić information content (AvgIpc) is 2.68. The third-order valence-corrected chi connectivity index (χ3v) is 4.81. The molecule has 0 aliphatic heterocycles. The smallest absolute Gasteiger partial charge is 0.172 e. The summed E-state index contributed by atoms with van der Waals surface area (Å²) in [6.45, 7) is 6.70. The highest BCUT2D eigenvalue weighted by Gasteiger charge is 2.17. The number of pyridine rings is 1. The lowest BCUT2D eigenvalue weighted by Gasteiger charge is -2.23. The Hall–Kier alpha value is -3.01. The maximum absolute atomic E-state index is 6.02. The molecule has 0 aliphatic rings. The van der Waals surface area contributed by atoms with E-state index in [0.717, 1.165) is 22.9 Å². The van der Waals surface area contributed by atoms with E-state index in [1.807, 2.05) is 36.4 Å². The molecule has 26 heavy (non-hydrogen) atoms. The van der Waals surface area contributed by atoms with E-state index >= 15 is 0 Å². The third-order valence-electron chi connectivity index (χ3n) is 4.81. The third kappa shape index (κ3) is 3.97. The zero-order valence-electron chi connectivity index (χ0n) is 15.5. The van der Waals surface area contributed by atoms with E-state index in [9.17, 15) is 0 Å². The minimum absolute atomic E-state index is 0.181. The Morgan fingerprint density at radius 1 is 1.04 bits per heavy atom. The lowest BCUT2D eigenvalue weighted by atomic mass is 9.82. The molecule has 132 valence electrons. The van der Waals surface area contributed by atoms with E-state index in [0.29, 0.717) is 11.5 Å². The van der Waals surface area contributed by atoms with Crippen molar-refractivity contribution in [2.45, 2.75) is 32.6 Å². The van der Waals surface area contributed by atoms with Crippen LogP contribution in [0.4, 0.5) is 0 Å². The van der Waals surface area contributed by atoms with Crippen molar-refractivity contribution in [3.05, 3.63) is 77.5 Å². The van der Waals surface area contributed by atoms with Gasteiger partial charge in [-0.3, -0.25) is 0 Å². The summed E-state index contributed by atoms with van der Waals surface area (Å²) in [4.78, 5) is 4.52. The molecule has 0 fully saturated rings.